The van der Waals surface area contributed by atoms with E-state index in [2.05, 4.69) is 20.7 Å². The normalized spacial score (nSPS) is 16.5. The van der Waals surface area contributed by atoms with Crippen molar-refractivity contribution in [3.63, 3.8) is 0 Å². The Morgan fingerprint density at radius 3 is 2.31 bits per heavy atom. The lowest BCUT2D eigenvalue weighted by Gasteiger charge is -2.19. The van der Waals surface area contributed by atoms with E-state index < -0.39 is 22.9 Å². The number of hydrogen-bond acceptors (Lipinski definition) is 2. The zero-order chi connectivity index (χ0) is 10.6. The molecule has 0 aromatic carbocycles. The van der Waals surface area contributed by atoms with E-state index in [9.17, 15) is 18.0 Å². The lowest BCUT2D eigenvalue weighted by Crippen LogP contribution is -2.34. The van der Waals surface area contributed by atoms with E-state index in [1.54, 1.807) is 0 Å². The second-order valence-corrected chi connectivity index (χ2v) is 3.47. The smallest absolute Gasteiger partial charge is 0.393 e. The fraction of sp³-hybridized carbons (Fsp3) is 0.857. The molecule has 0 saturated carbocycles. The average molecular weight is 263 g/mol. The number of hydrogen-bond donors (Lipinski definition) is 0. The quantitative estimate of drug-likeness (QED) is 0.577. The molecule has 0 aliphatic heterocycles. The van der Waals surface area contributed by atoms with Gasteiger partial charge in [0.25, 0.3) is 0 Å². The van der Waals surface area contributed by atoms with E-state index in [1.807, 2.05) is 0 Å². The highest BCUT2D eigenvalue weighted by Gasteiger charge is 2.43. The molecule has 0 heterocycles. The van der Waals surface area contributed by atoms with E-state index in [1.165, 1.54) is 6.92 Å². The second-order valence-electron chi connectivity index (χ2n) is 2.48. The highest BCUT2D eigenvalue weighted by Crippen LogP contribution is 2.32. The molecule has 0 unspecified atom stereocenters. The third-order valence-electron chi connectivity index (χ3n) is 1.47. The molecule has 0 spiro atoms. The molecular weight excluding hydrogens is 253 g/mol. The predicted octanol–water partition coefficient (Wildman–Crippen LogP) is 2.51. The van der Waals surface area contributed by atoms with Crippen LogP contribution in [0.1, 0.15) is 13.8 Å². The lowest BCUT2D eigenvalue weighted by atomic mass is 10.1. The van der Waals surface area contributed by atoms with Crippen molar-refractivity contribution in [1.82, 2.24) is 0 Å². The molecule has 6 heteroatoms. The first-order chi connectivity index (χ1) is 5.80. The van der Waals surface area contributed by atoms with Crippen LogP contribution >= 0.6 is 15.9 Å². The van der Waals surface area contributed by atoms with Crippen LogP contribution in [0.5, 0.6) is 0 Å². The fourth-order valence-corrected chi connectivity index (χ4v) is 1.02. The molecule has 0 rings (SSSR count). The Kier molecular flexibility index (Phi) is 4.74. The van der Waals surface area contributed by atoms with Crippen LogP contribution in [0.3, 0.4) is 0 Å². The van der Waals surface area contributed by atoms with Crippen LogP contribution in [-0.4, -0.2) is 23.6 Å². The molecule has 0 aliphatic carbocycles. The standard InChI is InChI=1S/C7H10BrF3O2/c1-3-13-6(12)5(8)4(2)7(9,10)11/h4-5H,3H2,1-2H3/t4-,5-/m0/s1. The first-order valence-electron chi connectivity index (χ1n) is 3.68. The van der Waals surface area contributed by atoms with E-state index in [0.29, 0.717) is 0 Å². The molecule has 0 radical (unpaired) electrons. The Morgan fingerprint density at radius 1 is 1.54 bits per heavy atom. The summed E-state index contributed by atoms with van der Waals surface area (Å²) in [5, 5.41) is 0. The fourth-order valence-electron chi connectivity index (χ4n) is 0.592. The topological polar surface area (TPSA) is 26.3 Å². The van der Waals surface area contributed by atoms with Crippen LogP contribution in [0.15, 0.2) is 0 Å². The van der Waals surface area contributed by atoms with E-state index in [4.69, 9.17) is 0 Å². The maximum Gasteiger partial charge on any atom is 0.393 e. The van der Waals surface area contributed by atoms with Gasteiger partial charge in [-0.1, -0.05) is 22.9 Å². The Morgan fingerprint density at radius 2 is 2.00 bits per heavy atom. The minimum absolute atomic E-state index is 0.0749. The third-order valence-corrected chi connectivity index (χ3v) is 2.63. The van der Waals surface area contributed by atoms with Gasteiger partial charge >= 0.3 is 12.1 Å². The number of carbonyl (C=O) groups is 1. The summed E-state index contributed by atoms with van der Waals surface area (Å²) in [4.78, 5) is 9.54. The summed E-state index contributed by atoms with van der Waals surface area (Å²) < 4.78 is 40.6. The first kappa shape index (κ1) is 12.7. The van der Waals surface area contributed by atoms with Crippen LogP contribution in [0.25, 0.3) is 0 Å². The molecule has 0 aromatic rings. The summed E-state index contributed by atoms with van der Waals surface area (Å²) in [5.74, 6) is -2.63. The average Bonchev–Trinajstić information content (AvgIpc) is 2.00. The Balaban J connectivity index is 4.25. The van der Waals surface area contributed by atoms with Gasteiger partial charge in [0.15, 0.2) is 0 Å². The number of rotatable bonds is 3. The number of alkyl halides is 4. The highest BCUT2D eigenvalue weighted by molar-refractivity contribution is 9.10. The molecule has 0 bridgehead atoms. The molecule has 78 valence electrons. The molecule has 0 fully saturated rings. The summed E-state index contributed by atoms with van der Waals surface area (Å²) in [6.45, 7) is 2.54. The largest absolute Gasteiger partial charge is 0.465 e. The SMILES string of the molecule is CCOC(=O)[C@@H](Br)[C@H](C)C(F)(F)F. The van der Waals surface area contributed by atoms with Gasteiger partial charge in [0.1, 0.15) is 4.83 Å². The van der Waals surface area contributed by atoms with Crippen molar-refractivity contribution in [1.29, 1.82) is 0 Å². The second kappa shape index (κ2) is 4.83. The van der Waals surface area contributed by atoms with Crippen LogP contribution in [0.4, 0.5) is 13.2 Å². The van der Waals surface area contributed by atoms with Gasteiger partial charge in [-0.2, -0.15) is 13.2 Å². The number of carbonyl (C=O) groups excluding carboxylic acids is 1. The van der Waals surface area contributed by atoms with Crippen molar-refractivity contribution >= 4 is 21.9 Å². The minimum atomic E-state index is -4.39. The molecule has 13 heavy (non-hydrogen) atoms. The zero-order valence-electron chi connectivity index (χ0n) is 7.19. The van der Waals surface area contributed by atoms with Crippen molar-refractivity contribution in [2.24, 2.45) is 5.92 Å². The predicted molar refractivity (Wildman–Crippen MR) is 44.6 cm³/mol. The summed E-state index contributed by atoms with van der Waals surface area (Å²) >= 11 is 2.65. The van der Waals surface area contributed by atoms with Gasteiger partial charge < -0.3 is 4.74 Å². The monoisotopic (exact) mass is 262 g/mol. The van der Waals surface area contributed by atoms with Crippen LogP contribution in [-0.2, 0) is 9.53 Å². The van der Waals surface area contributed by atoms with E-state index in [0.717, 1.165) is 6.92 Å². The van der Waals surface area contributed by atoms with Gasteiger partial charge in [-0.25, -0.2) is 0 Å². The van der Waals surface area contributed by atoms with Crippen molar-refractivity contribution in [3.05, 3.63) is 0 Å². The Bertz CT molecular complexity index is 181. The maximum atomic E-state index is 12.1. The van der Waals surface area contributed by atoms with Crippen LogP contribution in [0, 0.1) is 5.92 Å². The number of esters is 1. The number of halogens is 4. The van der Waals surface area contributed by atoms with Gasteiger partial charge in [0.2, 0.25) is 0 Å². The summed E-state index contributed by atoms with van der Waals surface area (Å²) in [5.41, 5.74) is 0. The minimum Gasteiger partial charge on any atom is -0.465 e. The van der Waals surface area contributed by atoms with Crippen molar-refractivity contribution in [2.45, 2.75) is 24.9 Å². The van der Waals surface area contributed by atoms with Gasteiger partial charge in [0.05, 0.1) is 12.5 Å². The molecule has 0 aromatic heterocycles. The van der Waals surface area contributed by atoms with Crippen LogP contribution < -0.4 is 0 Å². The third kappa shape index (κ3) is 3.97. The molecule has 2 atom stereocenters. The van der Waals surface area contributed by atoms with Crippen molar-refractivity contribution in [3.8, 4) is 0 Å². The zero-order valence-corrected chi connectivity index (χ0v) is 8.78. The van der Waals surface area contributed by atoms with Gasteiger partial charge in [-0.05, 0) is 6.92 Å². The molecule has 0 aliphatic rings. The van der Waals surface area contributed by atoms with Crippen molar-refractivity contribution in [2.75, 3.05) is 6.61 Å². The van der Waals surface area contributed by atoms with Gasteiger partial charge in [-0.3, -0.25) is 4.79 Å². The molecular formula is C7H10BrF3O2. The van der Waals surface area contributed by atoms with Crippen LogP contribution in [0.2, 0.25) is 0 Å². The maximum absolute atomic E-state index is 12.1. The first-order valence-corrected chi connectivity index (χ1v) is 4.59. The summed E-state index contributed by atoms with van der Waals surface area (Å²) in [7, 11) is 0. The summed E-state index contributed by atoms with van der Waals surface area (Å²) in [6, 6.07) is 0. The summed E-state index contributed by atoms with van der Waals surface area (Å²) in [6.07, 6.45) is -4.39. The van der Waals surface area contributed by atoms with Crippen molar-refractivity contribution < 1.29 is 22.7 Å². The van der Waals surface area contributed by atoms with Gasteiger partial charge in [-0.15, -0.1) is 0 Å². The Hall–Kier alpha value is -0.260. The van der Waals surface area contributed by atoms with Gasteiger partial charge in [0, 0.05) is 0 Å². The van der Waals surface area contributed by atoms with E-state index in [-0.39, 0.29) is 6.61 Å². The molecule has 0 amide bonds. The highest BCUT2D eigenvalue weighted by atomic mass is 79.9. The molecule has 2 nitrogen and oxygen atoms in total. The number of ether oxygens (including phenoxy) is 1. The molecule has 0 N–H and O–H groups in total. The Labute approximate surface area is 82.6 Å². The molecule has 0 saturated heterocycles. The lowest BCUT2D eigenvalue weighted by molar-refractivity contribution is -0.177. The van der Waals surface area contributed by atoms with E-state index >= 15 is 0 Å².